The highest BCUT2D eigenvalue weighted by molar-refractivity contribution is 5.83. The van der Waals surface area contributed by atoms with E-state index in [-0.39, 0.29) is 18.0 Å². The fraction of sp³-hybridized carbons (Fsp3) is 0.846. The van der Waals surface area contributed by atoms with Crippen LogP contribution in [0.25, 0.3) is 0 Å². The first-order valence-electron chi connectivity index (χ1n) is 6.57. The molecule has 0 aromatic heterocycles. The van der Waals surface area contributed by atoms with E-state index in [4.69, 9.17) is 10.5 Å². The van der Waals surface area contributed by atoms with Gasteiger partial charge in [0.15, 0.2) is 0 Å². The van der Waals surface area contributed by atoms with E-state index in [1.165, 1.54) is 0 Å². The number of alkyl carbamates (subject to hydrolysis) is 1. The summed E-state index contributed by atoms with van der Waals surface area (Å²) in [6.07, 6.45) is 1.15. The van der Waals surface area contributed by atoms with Crippen LogP contribution in [0.4, 0.5) is 4.79 Å². The van der Waals surface area contributed by atoms with Crippen molar-refractivity contribution < 1.29 is 14.3 Å². The van der Waals surface area contributed by atoms with E-state index in [0.717, 1.165) is 12.8 Å². The Morgan fingerprint density at radius 1 is 1.11 bits per heavy atom. The fourth-order valence-electron chi connectivity index (χ4n) is 1.91. The lowest BCUT2D eigenvalue weighted by molar-refractivity contribution is -0.123. The molecule has 0 aliphatic heterocycles. The molecule has 0 saturated heterocycles. The third-order valence-electron chi connectivity index (χ3n) is 3.04. The molecule has 1 rings (SSSR count). The van der Waals surface area contributed by atoms with E-state index in [2.05, 4.69) is 10.6 Å². The van der Waals surface area contributed by atoms with Gasteiger partial charge in [-0.25, -0.2) is 4.79 Å². The number of carbonyl (C=O) groups excluding carboxylic acids is 2. The van der Waals surface area contributed by atoms with Crippen molar-refractivity contribution in [3.8, 4) is 0 Å². The van der Waals surface area contributed by atoms with Gasteiger partial charge in [0, 0.05) is 12.1 Å². The maximum absolute atomic E-state index is 11.5. The lowest BCUT2D eigenvalue weighted by Gasteiger charge is -2.40. The Hall–Kier alpha value is -1.30. The Morgan fingerprint density at radius 2 is 1.63 bits per heavy atom. The standard InChI is InChI=1S/C13H25N3O3/c1-12(2,3)19-11(18)15-8-6-9(7-8)16-13(4,5)10(14)17/h8-9,16H,6-7H2,1-5H3,(H2,14,17)(H,15,18). The zero-order chi connectivity index (χ0) is 14.8. The van der Waals surface area contributed by atoms with Crippen molar-refractivity contribution in [2.24, 2.45) is 5.73 Å². The molecule has 4 N–H and O–H groups in total. The van der Waals surface area contributed by atoms with Gasteiger partial charge in [-0.3, -0.25) is 4.79 Å². The molecule has 6 heteroatoms. The van der Waals surface area contributed by atoms with Gasteiger partial charge in [-0.05, 0) is 47.5 Å². The Balaban J connectivity index is 2.28. The minimum Gasteiger partial charge on any atom is -0.444 e. The summed E-state index contributed by atoms with van der Waals surface area (Å²) >= 11 is 0. The lowest BCUT2D eigenvalue weighted by Crippen LogP contribution is -2.61. The number of hydrogen-bond donors (Lipinski definition) is 3. The van der Waals surface area contributed by atoms with Gasteiger partial charge < -0.3 is 21.1 Å². The van der Waals surface area contributed by atoms with Crippen molar-refractivity contribution in [2.45, 2.75) is 70.7 Å². The molecule has 1 fully saturated rings. The summed E-state index contributed by atoms with van der Waals surface area (Å²) in [5, 5.41) is 5.98. The summed E-state index contributed by atoms with van der Waals surface area (Å²) in [4.78, 5) is 22.7. The third kappa shape index (κ3) is 5.06. The van der Waals surface area contributed by atoms with Gasteiger partial charge in [0.1, 0.15) is 5.60 Å². The van der Waals surface area contributed by atoms with Crippen LogP contribution in [-0.2, 0) is 9.53 Å². The van der Waals surface area contributed by atoms with Crippen LogP contribution in [0, 0.1) is 0 Å². The summed E-state index contributed by atoms with van der Waals surface area (Å²) in [5.41, 5.74) is 4.08. The molecule has 19 heavy (non-hydrogen) atoms. The number of rotatable bonds is 4. The van der Waals surface area contributed by atoms with Crippen LogP contribution in [0.5, 0.6) is 0 Å². The minimum atomic E-state index is -0.721. The topological polar surface area (TPSA) is 93.4 Å². The zero-order valence-electron chi connectivity index (χ0n) is 12.4. The lowest BCUT2D eigenvalue weighted by atomic mass is 9.85. The van der Waals surface area contributed by atoms with Gasteiger partial charge in [0.2, 0.25) is 5.91 Å². The molecular weight excluding hydrogens is 246 g/mol. The molecule has 1 aliphatic rings. The van der Waals surface area contributed by atoms with Crippen LogP contribution >= 0.6 is 0 Å². The molecule has 1 aliphatic carbocycles. The Kier molecular flexibility index (Phi) is 4.45. The van der Waals surface area contributed by atoms with Gasteiger partial charge in [0.25, 0.3) is 0 Å². The second kappa shape index (κ2) is 5.36. The highest BCUT2D eigenvalue weighted by atomic mass is 16.6. The van der Waals surface area contributed by atoms with Crippen molar-refractivity contribution >= 4 is 12.0 Å². The maximum Gasteiger partial charge on any atom is 0.407 e. The summed E-state index contributed by atoms with van der Waals surface area (Å²) in [7, 11) is 0. The quantitative estimate of drug-likeness (QED) is 0.708. The summed E-state index contributed by atoms with van der Waals surface area (Å²) in [6, 6.07) is 0.290. The van der Waals surface area contributed by atoms with E-state index in [1.54, 1.807) is 13.8 Å². The normalized spacial score (nSPS) is 23.4. The number of primary amides is 1. The smallest absolute Gasteiger partial charge is 0.407 e. The fourth-order valence-corrected chi connectivity index (χ4v) is 1.91. The number of nitrogens with two attached hydrogens (primary N) is 1. The first-order chi connectivity index (χ1) is 8.49. The van der Waals surface area contributed by atoms with Crippen molar-refractivity contribution in [1.82, 2.24) is 10.6 Å². The van der Waals surface area contributed by atoms with Gasteiger partial charge in [0.05, 0.1) is 5.54 Å². The van der Waals surface area contributed by atoms with Gasteiger partial charge in [-0.1, -0.05) is 0 Å². The zero-order valence-corrected chi connectivity index (χ0v) is 12.4. The molecule has 0 atom stereocenters. The van der Waals surface area contributed by atoms with Crippen LogP contribution in [0.2, 0.25) is 0 Å². The summed E-state index contributed by atoms with van der Waals surface area (Å²) in [5.74, 6) is -0.379. The van der Waals surface area contributed by atoms with Gasteiger partial charge >= 0.3 is 6.09 Å². The Labute approximate surface area is 114 Å². The number of amides is 2. The number of hydrogen-bond acceptors (Lipinski definition) is 4. The SMILES string of the molecule is CC(C)(C)OC(=O)NC1CC(NC(C)(C)C(N)=O)C1. The van der Waals surface area contributed by atoms with E-state index in [9.17, 15) is 9.59 Å². The molecule has 0 spiro atoms. The first-order valence-corrected chi connectivity index (χ1v) is 6.57. The van der Waals surface area contributed by atoms with E-state index >= 15 is 0 Å². The van der Waals surface area contributed by atoms with Crippen molar-refractivity contribution in [3.63, 3.8) is 0 Å². The average molecular weight is 271 g/mol. The summed E-state index contributed by atoms with van der Waals surface area (Å²) in [6.45, 7) is 8.99. The predicted molar refractivity (Wildman–Crippen MR) is 72.6 cm³/mol. The maximum atomic E-state index is 11.5. The van der Waals surface area contributed by atoms with Crippen molar-refractivity contribution in [3.05, 3.63) is 0 Å². The monoisotopic (exact) mass is 271 g/mol. The highest BCUT2D eigenvalue weighted by Gasteiger charge is 2.36. The van der Waals surface area contributed by atoms with Gasteiger partial charge in [-0.15, -0.1) is 0 Å². The molecule has 2 amide bonds. The summed E-state index contributed by atoms with van der Waals surface area (Å²) < 4.78 is 5.17. The van der Waals surface area contributed by atoms with Gasteiger partial charge in [-0.2, -0.15) is 0 Å². The Bertz CT molecular complexity index is 355. The second-order valence-corrected chi connectivity index (χ2v) is 6.65. The molecule has 0 heterocycles. The Morgan fingerprint density at radius 3 is 2.05 bits per heavy atom. The van der Waals surface area contributed by atoms with Crippen LogP contribution in [0.3, 0.4) is 0 Å². The molecular formula is C13H25N3O3. The molecule has 0 unspecified atom stereocenters. The highest BCUT2D eigenvalue weighted by Crippen LogP contribution is 2.23. The molecule has 110 valence electrons. The third-order valence-corrected chi connectivity index (χ3v) is 3.04. The van der Waals surface area contributed by atoms with E-state index in [0.29, 0.717) is 0 Å². The van der Waals surface area contributed by atoms with Crippen LogP contribution in [0.1, 0.15) is 47.5 Å². The largest absolute Gasteiger partial charge is 0.444 e. The molecule has 0 aromatic rings. The first kappa shape index (κ1) is 15.8. The van der Waals surface area contributed by atoms with Crippen LogP contribution in [0.15, 0.2) is 0 Å². The van der Waals surface area contributed by atoms with E-state index in [1.807, 2.05) is 20.8 Å². The van der Waals surface area contributed by atoms with Crippen LogP contribution in [-0.4, -0.2) is 35.2 Å². The second-order valence-electron chi connectivity index (χ2n) is 6.65. The minimum absolute atomic E-state index is 0.0935. The molecule has 0 aromatic carbocycles. The van der Waals surface area contributed by atoms with Crippen LogP contribution < -0.4 is 16.4 Å². The number of carbonyl (C=O) groups is 2. The van der Waals surface area contributed by atoms with Crippen molar-refractivity contribution in [2.75, 3.05) is 0 Å². The van der Waals surface area contributed by atoms with Crippen molar-refractivity contribution in [1.29, 1.82) is 0 Å². The average Bonchev–Trinajstić information content (AvgIpc) is 2.10. The predicted octanol–water partition coefficient (Wildman–Crippen LogP) is 0.896. The van der Waals surface area contributed by atoms with E-state index < -0.39 is 17.2 Å². The number of ether oxygens (including phenoxy) is 1. The molecule has 6 nitrogen and oxygen atoms in total. The molecule has 0 bridgehead atoms. The molecule has 1 saturated carbocycles. The molecule has 0 radical (unpaired) electrons. The number of nitrogens with one attached hydrogen (secondary N) is 2.